The number of amides is 1. The zero-order valence-electron chi connectivity index (χ0n) is 19.3. The molecule has 0 bridgehead atoms. The van der Waals surface area contributed by atoms with Crippen LogP contribution in [0.1, 0.15) is 41.8 Å². The molecule has 176 valence electrons. The third kappa shape index (κ3) is 6.83. The Morgan fingerprint density at radius 1 is 1.12 bits per heavy atom. The van der Waals surface area contributed by atoms with E-state index in [2.05, 4.69) is 54.6 Å². The number of halogens is 1. The van der Waals surface area contributed by atoms with Crippen molar-refractivity contribution in [2.24, 2.45) is 0 Å². The molecule has 33 heavy (non-hydrogen) atoms. The molecule has 1 aromatic carbocycles. The summed E-state index contributed by atoms with van der Waals surface area (Å²) >= 11 is 7.43. The Morgan fingerprint density at radius 3 is 2.58 bits per heavy atom. The van der Waals surface area contributed by atoms with Gasteiger partial charge in [-0.25, -0.2) is 4.98 Å². The van der Waals surface area contributed by atoms with E-state index in [4.69, 9.17) is 11.6 Å². The molecule has 0 aliphatic rings. The number of para-hydroxylation sites is 1. The van der Waals surface area contributed by atoms with Crippen LogP contribution >= 0.6 is 22.9 Å². The first-order valence-electron chi connectivity index (χ1n) is 10.9. The van der Waals surface area contributed by atoms with Gasteiger partial charge in [-0.2, -0.15) is 15.0 Å². The molecule has 0 radical (unpaired) electrons. The summed E-state index contributed by atoms with van der Waals surface area (Å²) in [5, 5.41) is 10.2. The lowest BCUT2D eigenvalue weighted by atomic mass is 10.2. The minimum atomic E-state index is -0.277. The summed E-state index contributed by atoms with van der Waals surface area (Å²) < 4.78 is 0. The van der Waals surface area contributed by atoms with Crippen molar-refractivity contribution in [3.63, 3.8) is 0 Å². The lowest BCUT2D eigenvalue weighted by molar-refractivity contribution is 0.103. The third-order valence-electron chi connectivity index (χ3n) is 5.01. The first-order valence-corrected chi connectivity index (χ1v) is 12.1. The van der Waals surface area contributed by atoms with Crippen LogP contribution < -0.4 is 16.0 Å². The summed E-state index contributed by atoms with van der Waals surface area (Å²) in [6.45, 7) is 11.8. The summed E-state index contributed by atoms with van der Waals surface area (Å²) in [4.78, 5) is 33.1. The van der Waals surface area contributed by atoms with E-state index < -0.39 is 0 Å². The summed E-state index contributed by atoms with van der Waals surface area (Å²) in [5.74, 6) is 1.29. The highest BCUT2D eigenvalue weighted by molar-refractivity contribution is 7.17. The van der Waals surface area contributed by atoms with Crippen LogP contribution in [0, 0.1) is 6.92 Å². The monoisotopic (exact) mass is 488 g/mol. The van der Waals surface area contributed by atoms with Gasteiger partial charge in [-0.1, -0.05) is 55.8 Å². The number of nitrogens with zero attached hydrogens (tertiary/aromatic N) is 5. The fourth-order valence-corrected chi connectivity index (χ4v) is 4.05. The highest BCUT2D eigenvalue weighted by atomic mass is 35.5. The molecule has 0 saturated carbocycles. The summed E-state index contributed by atoms with van der Waals surface area (Å²) in [7, 11) is 0. The second-order valence-corrected chi connectivity index (χ2v) is 8.68. The van der Waals surface area contributed by atoms with E-state index in [1.807, 2.05) is 26.0 Å². The molecule has 3 rings (SSSR count). The SMILES string of the molecule is CCc1nc(NCCN(CC)CC)nc(Nc2ncc(C(=O)Nc3c(C)cccc3Cl)s2)n1. The molecule has 0 saturated heterocycles. The second-order valence-electron chi connectivity index (χ2n) is 7.25. The average molecular weight is 489 g/mol. The van der Waals surface area contributed by atoms with Gasteiger partial charge in [0.25, 0.3) is 5.91 Å². The quantitative estimate of drug-likeness (QED) is 0.359. The Bertz CT molecular complexity index is 1070. The van der Waals surface area contributed by atoms with E-state index in [0.29, 0.717) is 44.9 Å². The number of carbonyl (C=O) groups excluding carboxylic acids is 1. The molecule has 0 atom stereocenters. The Morgan fingerprint density at radius 2 is 1.88 bits per heavy atom. The zero-order chi connectivity index (χ0) is 23.8. The van der Waals surface area contributed by atoms with Crippen LogP contribution in [0.15, 0.2) is 24.4 Å². The molecule has 0 spiro atoms. The molecule has 0 fully saturated rings. The number of likely N-dealkylation sites (N-methyl/N-ethyl adjacent to an activating group) is 1. The van der Waals surface area contributed by atoms with Gasteiger partial charge >= 0.3 is 0 Å². The Hall–Kier alpha value is -2.82. The molecule has 9 nitrogen and oxygen atoms in total. The van der Waals surface area contributed by atoms with E-state index in [1.54, 1.807) is 6.07 Å². The summed E-state index contributed by atoms with van der Waals surface area (Å²) in [6.07, 6.45) is 2.18. The highest BCUT2D eigenvalue weighted by Crippen LogP contribution is 2.27. The van der Waals surface area contributed by atoms with Crippen molar-refractivity contribution < 1.29 is 4.79 Å². The molecule has 1 amide bonds. The number of aromatic nitrogens is 4. The fraction of sp³-hybridized carbons (Fsp3) is 0.409. The molecule has 0 aliphatic heterocycles. The van der Waals surface area contributed by atoms with Crippen molar-refractivity contribution >= 4 is 51.6 Å². The number of carbonyl (C=O) groups is 1. The van der Waals surface area contributed by atoms with Gasteiger partial charge in [-0.15, -0.1) is 0 Å². The second kappa shape index (κ2) is 11.9. The molecule has 11 heteroatoms. The Kier molecular flexibility index (Phi) is 8.93. The predicted molar refractivity (Wildman–Crippen MR) is 135 cm³/mol. The van der Waals surface area contributed by atoms with Crippen LogP contribution in [0.2, 0.25) is 5.02 Å². The first-order chi connectivity index (χ1) is 15.9. The standard InChI is InChI=1S/C22H29ClN8OS/c1-5-17-26-20(24-11-12-31(6-2)7-3)29-21(27-17)30-22-25-13-16(33-22)19(32)28-18-14(4)9-8-10-15(18)23/h8-10,13H,5-7,11-12H2,1-4H3,(H,28,32)(H2,24,25,26,27,29,30). The molecular formula is C22H29ClN8OS. The molecule has 3 N–H and O–H groups in total. The van der Waals surface area contributed by atoms with E-state index in [1.165, 1.54) is 17.5 Å². The number of hydrogen-bond acceptors (Lipinski definition) is 9. The van der Waals surface area contributed by atoms with Gasteiger partial charge in [0.15, 0.2) is 5.13 Å². The number of rotatable bonds is 11. The maximum Gasteiger partial charge on any atom is 0.267 e. The van der Waals surface area contributed by atoms with Gasteiger partial charge in [0.05, 0.1) is 16.9 Å². The molecular weight excluding hydrogens is 460 g/mol. The van der Waals surface area contributed by atoms with Crippen LogP contribution in [0.3, 0.4) is 0 Å². The average Bonchev–Trinajstić information content (AvgIpc) is 3.27. The van der Waals surface area contributed by atoms with Gasteiger partial charge in [0.2, 0.25) is 11.9 Å². The van der Waals surface area contributed by atoms with Crippen molar-refractivity contribution in [1.82, 2.24) is 24.8 Å². The molecule has 0 unspecified atom stereocenters. The van der Waals surface area contributed by atoms with Crippen LogP contribution in [0.25, 0.3) is 0 Å². The molecule has 2 heterocycles. The van der Waals surface area contributed by atoms with E-state index in [-0.39, 0.29) is 5.91 Å². The number of aryl methyl sites for hydroxylation is 2. The number of nitrogens with one attached hydrogen (secondary N) is 3. The Labute approximate surface area is 203 Å². The smallest absolute Gasteiger partial charge is 0.267 e. The molecule has 3 aromatic rings. The first kappa shape index (κ1) is 24.8. The normalized spacial score (nSPS) is 11.0. The third-order valence-corrected chi connectivity index (χ3v) is 6.24. The van der Waals surface area contributed by atoms with Gasteiger partial charge in [-0.3, -0.25) is 10.1 Å². The van der Waals surface area contributed by atoms with Gasteiger partial charge < -0.3 is 15.5 Å². The van der Waals surface area contributed by atoms with Crippen LogP contribution in [-0.2, 0) is 6.42 Å². The Balaban J connectivity index is 1.67. The largest absolute Gasteiger partial charge is 0.353 e. The topological polar surface area (TPSA) is 108 Å². The number of benzene rings is 1. The highest BCUT2D eigenvalue weighted by Gasteiger charge is 2.15. The lowest BCUT2D eigenvalue weighted by Crippen LogP contribution is -2.29. The summed E-state index contributed by atoms with van der Waals surface area (Å²) in [5.41, 5.74) is 1.48. The maximum atomic E-state index is 12.7. The lowest BCUT2D eigenvalue weighted by Gasteiger charge is -2.18. The van der Waals surface area contributed by atoms with Crippen molar-refractivity contribution in [2.45, 2.75) is 34.1 Å². The van der Waals surface area contributed by atoms with Crippen molar-refractivity contribution in [1.29, 1.82) is 0 Å². The maximum absolute atomic E-state index is 12.7. The number of hydrogen-bond donors (Lipinski definition) is 3. The van der Waals surface area contributed by atoms with E-state index >= 15 is 0 Å². The van der Waals surface area contributed by atoms with E-state index in [0.717, 1.165) is 31.7 Å². The number of thiazole rings is 1. The van der Waals surface area contributed by atoms with Crippen molar-refractivity contribution in [2.75, 3.05) is 42.1 Å². The van der Waals surface area contributed by atoms with Crippen LogP contribution in [-0.4, -0.2) is 56.9 Å². The van der Waals surface area contributed by atoms with Crippen LogP contribution in [0.5, 0.6) is 0 Å². The van der Waals surface area contributed by atoms with Gasteiger partial charge in [-0.05, 0) is 31.6 Å². The molecule has 0 aliphatic carbocycles. The van der Waals surface area contributed by atoms with Gasteiger partial charge in [0, 0.05) is 19.5 Å². The zero-order valence-corrected chi connectivity index (χ0v) is 20.8. The van der Waals surface area contributed by atoms with Crippen molar-refractivity contribution in [3.05, 3.63) is 45.7 Å². The van der Waals surface area contributed by atoms with Crippen molar-refractivity contribution in [3.8, 4) is 0 Å². The summed E-state index contributed by atoms with van der Waals surface area (Å²) in [6, 6.07) is 5.47. The van der Waals surface area contributed by atoms with Gasteiger partial charge in [0.1, 0.15) is 10.7 Å². The minimum absolute atomic E-state index is 0.277. The number of anilines is 4. The predicted octanol–water partition coefficient (Wildman–Crippen LogP) is 4.60. The van der Waals surface area contributed by atoms with Crippen LogP contribution in [0.4, 0.5) is 22.7 Å². The molecule has 2 aromatic heterocycles. The van der Waals surface area contributed by atoms with E-state index in [9.17, 15) is 4.79 Å². The minimum Gasteiger partial charge on any atom is -0.353 e. The fourth-order valence-electron chi connectivity index (χ4n) is 3.08.